The maximum Gasteiger partial charge on any atom is 0.211 e. The molecule has 0 spiro atoms. The van der Waals surface area contributed by atoms with Crippen molar-refractivity contribution in [3.8, 4) is 0 Å². The number of thiazole rings is 1. The van der Waals surface area contributed by atoms with Gasteiger partial charge in [0.1, 0.15) is 11.5 Å². The lowest BCUT2D eigenvalue weighted by atomic mass is 10.3. The predicted molar refractivity (Wildman–Crippen MR) is 85.9 cm³/mol. The number of nitrogens with zero attached hydrogens (tertiary/aromatic N) is 4. The molecule has 0 radical (unpaired) electrons. The van der Waals surface area contributed by atoms with Crippen LogP contribution in [0.5, 0.6) is 0 Å². The van der Waals surface area contributed by atoms with Gasteiger partial charge in [-0.15, -0.1) is 11.3 Å². The molecule has 0 fully saturated rings. The van der Waals surface area contributed by atoms with E-state index in [0.29, 0.717) is 10.5 Å². The van der Waals surface area contributed by atoms with Gasteiger partial charge in [0.05, 0.1) is 11.9 Å². The molecule has 4 nitrogen and oxygen atoms in total. The Labute approximate surface area is 130 Å². The lowest BCUT2D eigenvalue weighted by molar-refractivity contribution is 0.628. The molecule has 0 saturated carbocycles. The molecular formula is C16H13FN4S. The van der Waals surface area contributed by atoms with E-state index in [1.807, 2.05) is 24.4 Å². The topological polar surface area (TPSA) is 42.5 Å². The molecule has 2 heterocycles. The fraction of sp³-hybridized carbons (Fsp3) is 0.0625. The Morgan fingerprint density at radius 3 is 2.73 bits per heavy atom. The van der Waals surface area contributed by atoms with Crippen molar-refractivity contribution in [3.05, 3.63) is 76.0 Å². The Bertz CT molecular complexity index is 865. The molecular weight excluding hydrogens is 299 g/mol. The second-order valence-corrected chi connectivity index (χ2v) is 5.40. The summed E-state index contributed by atoms with van der Waals surface area (Å²) in [5.74, 6) is -0.349. The van der Waals surface area contributed by atoms with Gasteiger partial charge in [0.25, 0.3) is 0 Å². The second kappa shape index (κ2) is 6.44. The van der Waals surface area contributed by atoms with E-state index in [1.54, 1.807) is 41.5 Å². The van der Waals surface area contributed by atoms with Crippen LogP contribution in [0.4, 0.5) is 10.1 Å². The van der Waals surface area contributed by atoms with Gasteiger partial charge in [-0.05, 0) is 36.8 Å². The third kappa shape index (κ3) is 3.17. The molecule has 3 aromatic rings. The quantitative estimate of drug-likeness (QED) is 0.682. The number of halogens is 1. The summed E-state index contributed by atoms with van der Waals surface area (Å²) in [6, 6.07) is 10.2. The Hall–Kier alpha value is -2.60. The largest absolute Gasteiger partial charge is 0.265 e. The fourth-order valence-electron chi connectivity index (χ4n) is 1.82. The minimum atomic E-state index is -0.349. The predicted octanol–water partition coefficient (Wildman–Crippen LogP) is 3.51. The molecule has 1 aromatic carbocycles. The third-order valence-corrected chi connectivity index (χ3v) is 3.88. The molecule has 6 heteroatoms. The van der Waals surface area contributed by atoms with Crippen LogP contribution in [0.3, 0.4) is 0 Å². The number of hydrogen-bond donors (Lipinski definition) is 0. The minimum absolute atomic E-state index is 0.303. The zero-order valence-electron chi connectivity index (χ0n) is 11.8. The van der Waals surface area contributed by atoms with E-state index in [2.05, 4.69) is 15.1 Å². The van der Waals surface area contributed by atoms with E-state index in [-0.39, 0.29) is 5.82 Å². The van der Waals surface area contributed by atoms with E-state index in [0.717, 1.165) is 11.3 Å². The summed E-state index contributed by atoms with van der Waals surface area (Å²) in [6.07, 6.45) is 5.13. The van der Waals surface area contributed by atoms with Crippen LogP contribution in [0, 0.1) is 12.7 Å². The van der Waals surface area contributed by atoms with Gasteiger partial charge in [0.2, 0.25) is 4.80 Å². The van der Waals surface area contributed by atoms with Gasteiger partial charge in [-0.3, -0.25) is 4.98 Å². The van der Waals surface area contributed by atoms with Crippen molar-refractivity contribution < 1.29 is 4.39 Å². The van der Waals surface area contributed by atoms with Gasteiger partial charge in [0.15, 0.2) is 0 Å². The number of benzene rings is 1. The summed E-state index contributed by atoms with van der Waals surface area (Å²) in [6.45, 7) is 1.93. The Morgan fingerprint density at radius 2 is 1.95 bits per heavy atom. The van der Waals surface area contributed by atoms with E-state index < -0.39 is 0 Å². The molecule has 0 atom stereocenters. The van der Waals surface area contributed by atoms with Crippen molar-refractivity contribution in [2.75, 3.05) is 0 Å². The molecule has 0 aliphatic heterocycles. The first-order valence-corrected chi connectivity index (χ1v) is 7.53. The highest BCUT2D eigenvalue weighted by Gasteiger charge is 2.02. The smallest absolute Gasteiger partial charge is 0.211 e. The summed E-state index contributed by atoms with van der Waals surface area (Å²) in [7, 11) is 0. The molecule has 0 unspecified atom stereocenters. The number of aromatic nitrogens is 2. The molecule has 0 aliphatic rings. The molecule has 0 bridgehead atoms. The summed E-state index contributed by atoms with van der Waals surface area (Å²) in [4.78, 5) is 8.94. The first kappa shape index (κ1) is 14.3. The van der Waals surface area contributed by atoms with Crippen LogP contribution >= 0.6 is 11.3 Å². The zero-order chi connectivity index (χ0) is 15.4. The number of hydrogen-bond acceptors (Lipinski definition) is 4. The van der Waals surface area contributed by atoms with Gasteiger partial charge < -0.3 is 0 Å². The molecule has 0 N–H and O–H groups in total. The number of rotatable bonds is 3. The van der Waals surface area contributed by atoms with Crippen LogP contribution in [-0.2, 0) is 0 Å². The summed E-state index contributed by atoms with van der Waals surface area (Å²) in [5.41, 5.74) is 2.17. The van der Waals surface area contributed by atoms with E-state index in [9.17, 15) is 4.39 Å². The third-order valence-electron chi connectivity index (χ3n) is 2.95. The molecule has 3 rings (SSSR count). The normalized spacial score (nSPS) is 12.2. The van der Waals surface area contributed by atoms with E-state index in [1.165, 1.54) is 17.4 Å². The average molecular weight is 312 g/mol. The number of para-hydroxylation sites is 1. The Morgan fingerprint density at radius 1 is 1.18 bits per heavy atom. The van der Waals surface area contributed by atoms with Crippen molar-refractivity contribution in [2.45, 2.75) is 6.92 Å². The number of aryl methyl sites for hydroxylation is 1. The van der Waals surface area contributed by atoms with Gasteiger partial charge in [-0.1, -0.05) is 12.1 Å². The van der Waals surface area contributed by atoms with Crippen molar-refractivity contribution in [2.24, 2.45) is 10.1 Å². The second-order valence-electron chi connectivity index (χ2n) is 4.56. The zero-order valence-corrected chi connectivity index (χ0v) is 12.7. The highest BCUT2D eigenvalue weighted by atomic mass is 32.1. The molecule has 110 valence electrons. The van der Waals surface area contributed by atoms with Crippen LogP contribution < -0.4 is 4.80 Å². The molecule has 0 amide bonds. The van der Waals surface area contributed by atoms with Gasteiger partial charge in [-0.2, -0.15) is 5.10 Å². The van der Waals surface area contributed by atoms with Crippen molar-refractivity contribution in [3.63, 3.8) is 0 Å². The standard InChI is InChI=1S/C16H13FN4S/c1-12-11-22-16(20-15-5-3-2-4-14(15)17)21(12)19-10-13-6-8-18-9-7-13/h2-11H,1H3/b19-10+,20-16?. The van der Waals surface area contributed by atoms with Gasteiger partial charge in [0, 0.05) is 17.8 Å². The van der Waals surface area contributed by atoms with Gasteiger partial charge >= 0.3 is 0 Å². The molecule has 0 aliphatic carbocycles. The van der Waals surface area contributed by atoms with Crippen molar-refractivity contribution >= 4 is 23.2 Å². The fourth-order valence-corrected chi connectivity index (χ4v) is 2.64. The highest BCUT2D eigenvalue weighted by Crippen LogP contribution is 2.15. The maximum absolute atomic E-state index is 13.7. The monoisotopic (exact) mass is 312 g/mol. The van der Waals surface area contributed by atoms with Crippen LogP contribution in [0.1, 0.15) is 11.3 Å². The first-order valence-electron chi connectivity index (χ1n) is 6.65. The van der Waals surface area contributed by atoms with Crippen molar-refractivity contribution in [1.82, 2.24) is 9.66 Å². The Kier molecular flexibility index (Phi) is 4.20. The van der Waals surface area contributed by atoms with Crippen LogP contribution in [0.25, 0.3) is 0 Å². The van der Waals surface area contributed by atoms with Crippen LogP contribution in [-0.4, -0.2) is 15.9 Å². The highest BCUT2D eigenvalue weighted by molar-refractivity contribution is 7.07. The van der Waals surface area contributed by atoms with Crippen LogP contribution in [0.2, 0.25) is 0 Å². The lowest BCUT2D eigenvalue weighted by Crippen LogP contribution is -2.11. The summed E-state index contributed by atoms with van der Waals surface area (Å²) >= 11 is 1.42. The minimum Gasteiger partial charge on any atom is -0.265 e. The molecule has 22 heavy (non-hydrogen) atoms. The first-order chi connectivity index (χ1) is 10.7. The van der Waals surface area contributed by atoms with Crippen LogP contribution in [0.15, 0.2) is 64.3 Å². The SMILES string of the molecule is Cc1csc(=Nc2ccccc2F)n1/N=C/c1ccncc1. The van der Waals surface area contributed by atoms with Crippen molar-refractivity contribution in [1.29, 1.82) is 0 Å². The molecule has 2 aromatic heterocycles. The molecule has 0 saturated heterocycles. The summed E-state index contributed by atoms with van der Waals surface area (Å²) in [5, 5.41) is 6.35. The van der Waals surface area contributed by atoms with E-state index in [4.69, 9.17) is 0 Å². The van der Waals surface area contributed by atoms with Gasteiger partial charge in [-0.25, -0.2) is 14.1 Å². The average Bonchev–Trinajstić information content (AvgIpc) is 2.89. The summed E-state index contributed by atoms with van der Waals surface area (Å²) < 4.78 is 15.4. The maximum atomic E-state index is 13.7. The van der Waals surface area contributed by atoms with E-state index >= 15 is 0 Å². The Balaban J connectivity index is 2.02. The number of pyridine rings is 1. The lowest BCUT2D eigenvalue weighted by Gasteiger charge is -1.98.